The van der Waals surface area contributed by atoms with Crippen molar-refractivity contribution in [3.8, 4) is 11.4 Å². The lowest BCUT2D eigenvalue weighted by atomic mass is 10.2. The fourth-order valence-electron chi connectivity index (χ4n) is 2.26. The molecule has 0 N–H and O–H groups in total. The molecule has 0 aliphatic carbocycles. The summed E-state index contributed by atoms with van der Waals surface area (Å²) in [7, 11) is 0. The Morgan fingerprint density at radius 3 is 2.87 bits per heavy atom. The highest BCUT2D eigenvalue weighted by atomic mass is 15.3. The quantitative estimate of drug-likeness (QED) is 0.652. The SMILES string of the molecule is Cc1cc2n(n1)CCCn1ncc(C)c1-2. The van der Waals surface area contributed by atoms with E-state index in [2.05, 4.69) is 32.6 Å². The summed E-state index contributed by atoms with van der Waals surface area (Å²) in [5.41, 5.74) is 4.75. The number of aryl methyl sites for hydroxylation is 4. The fraction of sp³-hybridized carbons (Fsp3) is 0.455. The van der Waals surface area contributed by atoms with E-state index in [1.807, 2.05) is 13.1 Å². The van der Waals surface area contributed by atoms with Crippen molar-refractivity contribution in [2.45, 2.75) is 33.4 Å². The molecule has 0 saturated heterocycles. The number of nitrogens with zero attached hydrogens (tertiary/aromatic N) is 4. The predicted octanol–water partition coefficient (Wildman–Crippen LogP) is 1.77. The molecule has 1 aliphatic heterocycles. The van der Waals surface area contributed by atoms with Gasteiger partial charge in [-0.2, -0.15) is 10.2 Å². The van der Waals surface area contributed by atoms with Crippen molar-refractivity contribution < 1.29 is 0 Å². The predicted molar refractivity (Wildman–Crippen MR) is 57.5 cm³/mol. The topological polar surface area (TPSA) is 35.6 Å². The molecule has 78 valence electrons. The first-order chi connectivity index (χ1) is 7.25. The summed E-state index contributed by atoms with van der Waals surface area (Å²) in [6.45, 7) is 6.13. The van der Waals surface area contributed by atoms with Crippen LogP contribution in [-0.2, 0) is 13.1 Å². The van der Waals surface area contributed by atoms with E-state index in [1.165, 1.54) is 17.0 Å². The molecule has 2 aromatic rings. The molecule has 1 aliphatic rings. The van der Waals surface area contributed by atoms with Crippen molar-refractivity contribution >= 4 is 0 Å². The largest absolute Gasteiger partial charge is 0.263 e. The zero-order chi connectivity index (χ0) is 10.4. The lowest BCUT2D eigenvalue weighted by Gasteiger charge is -2.03. The van der Waals surface area contributed by atoms with E-state index in [9.17, 15) is 0 Å². The molecule has 3 heterocycles. The van der Waals surface area contributed by atoms with Crippen LogP contribution in [0.2, 0.25) is 0 Å². The van der Waals surface area contributed by atoms with E-state index in [-0.39, 0.29) is 0 Å². The van der Waals surface area contributed by atoms with E-state index in [4.69, 9.17) is 0 Å². The van der Waals surface area contributed by atoms with Gasteiger partial charge in [0.1, 0.15) is 0 Å². The van der Waals surface area contributed by atoms with Gasteiger partial charge < -0.3 is 0 Å². The third-order valence-electron chi connectivity index (χ3n) is 2.91. The molecular formula is C11H14N4. The van der Waals surface area contributed by atoms with Gasteiger partial charge in [-0.15, -0.1) is 0 Å². The summed E-state index contributed by atoms with van der Waals surface area (Å²) in [6.07, 6.45) is 3.04. The molecule has 0 amide bonds. The molecule has 0 unspecified atom stereocenters. The first-order valence-electron chi connectivity index (χ1n) is 5.33. The summed E-state index contributed by atoms with van der Waals surface area (Å²) < 4.78 is 4.19. The van der Waals surface area contributed by atoms with Crippen LogP contribution in [0.15, 0.2) is 12.3 Å². The van der Waals surface area contributed by atoms with Crippen molar-refractivity contribution in [2.24, 2.45) is 0 Å². The van der Waals surface area contributed by atoms with Gasteiger partial charge in [-0.1, -0.05) is 0 Å². The van der Waals surface area contributed by atoms with Gasteiger partial charge in [0.2, 0.25) is 0 Å². The summed E-state index contributed by atoms with van der Waals surface area (Å²) in [5.74, 6) is 0. The molecule has 0 spiro atoms. The van der Waals surface area contributed by atoms with Crippen LogP contribution in [0, 0.1) is 13.8 Å². The molecular weight excluding hydrogens is 188 g/mol. The monoisotopic (exact) mass is 202 g/mol. The van der Waals surface area contributed by atoms with Crippen LogP contribution in [0.25, 0.3) is 11.4 Å². The maximum absolute atomic E-state index is 4.51. The molecule has 2 aromatic heterocycles. The standard InChI is InChI=1S/C11H14N4/c1-8-7-12-15-5-3-4-14-10(11(8)15)6-9(2)13-14/h6-7H,3-5H2,1-2H3. The molecule has 3 rings (SSSR count). The van der Waals surface area contributed by atoms with E-state index in [0.29, 0.717) is 0 Å². The lowest BCUT2D eigenvalue weighted by Crippen LogP contribution is -2.01. The van der Waals surface area contributed by atoms with Crippen LogP contribution in [0.5, 0.6) is 0 Å². The Hall–Kier alpha value is -1.58. The van der Waals surface area contributed by atoms with E-state index in [0.717, 1.165) is 25.2 Å². The molecule has 0 aromatic carbocycles. The van der Waals surface area contributed by atoms with Gasteiger partial charge in [-0.25, -0.2) is 0 Å². The summed E-state index contributed by atoms with van der Waals surface area (Å²) in [5, 5.41) is 8.91. The van der Waals surface area contributed by atoms with Crippen LogP contribution in [0.1, 0.15) is 17.7 Å². The summed E-state index contributed by atoms with van der Waals surface area (Å²) in [6, 6.07) is 2.14. The maximum atomic E-state index is 4.51. The summed E-state index contributed by atoms with van der Waals surface area (Å²) >= 11 is 0. The third-order valence-corrected chi connectivity index (χ3v) is 2.91. The average molecular weight is 202 g/mol. The number of hydrogen-bond acceptors (Lipinski definition) is 2. The smallest absolute Gasteiger partial charge is 0.0892 e. The molecule has 0 bridgehead atoms. The molecule has 0 radical (unpaired) electrons. The van der Waals surface area contributed by atoms with Crippen molar-refractivity contribution in [1.29, 1.82) is 0 Å². The number of fused-ring (bicyclic) bond motifs is 3. The molecule has 4 heteroatoms. The van der Waals surface area contributed by atoms with E-state index < -0.39 is 0 Å². The number of hydrogen-bond donors (Lipinski definition) is 0. The van der Waals surface area contributed by atoms with Crippen molar-refractivity contribution in [3.05, 3.63) is 23.5 Å². The molecule has 4 nitrogen and oxygen atoms in total. The maximum Gasteiger partial charge on any atom is 0.0892 e. The highest BCUT2D eigenvalue weighted by Crippen LogP contribution is 2.26. The van der Waals surface area contributed by atoms with E-state index in [1.54, 1.807) is 0 Å². The zero-order valence-corrected chi connectivity index (χ0v) is 9.06. The van der Waals surface area contributed by atoms with Crippen LogP contribution < -0.4 is 0 Å². The minimum atomic E-state index is 0.992. The third kappa shape index (κ3) is 1.21. The second kappa shape index (κ2) is 2.95. The van der Waals surface area contributed by atoms with Crippen LogP contribution >= 0.6 is 0 Å². The molecule has 0 fully saturated rings. The second-order valence-electron chi connectivity index (χ2n) is 4.15. The second-order valence-corrected chi connectivity index (χ2v) is 4.15. The Morgan fingerprint density at radius 2 is 2.00 bits per heavy atom. The van der Waals surface area contributed by atoms with Crippen molar-refractivity contribution in [2.75, 3.05) is 0 Å². The Labute approximate surface area is 88.5 Å². The van der Waals surface area contributed by atoms with Crippen LogP contribution in [0.4, 0.5) is 0 Å². The molecule has 0 saturated carbocycles. The minimum Gasteiger partial charge on any atom is -0.263 e. The van der Waals surface area contributed by atoms with Crippen molar-refractivity contribution in [1.82, 2.24) is 19.6 Å². The number of aromatic nitrogens is 4. The molecule has 0 atom stereocenters. The van der Waals surface area contributed by atoms with E-state index >= 15 is 0 Å². The zero-order valence-electron chi connectivity index (χ0n) is 9.06. The fourth-order valence-corrected chi connectivity index (χ4v) is 2.26. The molecule has 15 heavy (non-hydrogen) atoms. The van der Waals surface area contributed by atoms with Gasteiger partial charge in [0.25, 0.3) is 0 Å². The van der Waals surface area contributed by atoms with Gasteiger partial charge in [-0.05, 0) is 31.9 Å². The van der Waals surface area contributed by atoms with Gasteiger partial charge in [0.05, 0.1) is 23.3 Å². The number of rotatable bonds is 0. The first-order valence-corrected chi connectivity index (χ1v) is 5.33. The van der Waals surface area contributed by atoms with Gasteiger partial charge >= 0.3 is 0 Å². The van der Waals surface area contributed by atoms with Gasteiger partial charge in [0.15, 0.2) is 0 Å². The van der Waals surface area contributed by atoms with Crippen molar-refractivity contribution in [3.63, 3.8) is 0 Å². The van der Waals surface area contributed by atoms with Gasteiger partial charge in [-0.3, -0.25) is 9.36 Å². The van der Waals surface area contributed by atoms with Gasteiger partial charge in [0, 0.05) is 13.1 Å². The Bertz CT molecular complexity index is 507. The first kappa shape index (κ1) is 8.71. The van der Waals surface area contributed by atoms with Crippen LogP contribution in [-0.4, -0.2) is 19.6 Å². The lowest BCUT2D eigenvalue weighted by molar-refractivity contribution is 0.528. The Morgan fingerprint density at radius 1 is 1.20 bits per heavy atom. The highest BCUT2D eigenvalue weighted by Gasteiger charge is 2.18. The van der Waals surface area contributed by atoms with Crippen LogP contribution in [0.3, 0.4) is 0 Å². The highest BCUT2D eigenvalue weighted by molar-refractivity contribution is 5.60. The summed E-state index contributed by atoms with van der Waals surface area (Å²) in [4.78, 5) is 0. The average Bonchev–Trinajstić information content (AvgIpc) is 2.67. The Balaban J connectivity index is 2.29. The normalized spacial score (nSPS) is 14.5. The minimum absolute atomic E-state index is 0.992. The Kier molecular flexibility index (Phi) is 1.71.